The fourth-order valence-corrected chi connectivity index (χ4v) is 2.99. The Balaban J connectivity index is 1.74. The lowest BCUT2D eigenvalue weighted by Gasteiger charge is -2.37. The summed E-state index contributed by atoms with van der Waals surface area (Å²) in [5.41, 5.74) is 1.85. The van der Waals surface area contributed by atoms with Crippen LogP contribution in [0.2, 0.25) is 0 Å². The van der Waals surface area contributed by atoms with Gasteiger partial charge in [-0.3, -0.25) is 14.5 Å². The molecule has 1 aliphatic rings. The van der Waals surface area contributed by atoms with E-state index in [-0.39, 0.29) is 17.7 Å². The van der Waals surface area contributed by atoms with E-state index in [0.717, 1.165) is 17.1 Å². The van der Waals surface area contributed by atoms with Crippen molar-refractivity contribution in [3.8, 4) is 0 Å². The molecule has 0 radical (unpaired) electrons. The molecule has 1 fully saturated rings. The zero-order valence-electron chi connectivity index (χ0n) is 14.8. The van der Waals surface area contributed by atoms with E-state index < -0.39 is 6.04 Å². The van der Waals surface area contributed by atoms with Crippen LogP contribution in [-0.4, -0.2) is 46.5 Å². The number of nitrogens with zero attached hydrogens (tertiary/aromatic N) is 4. The first kappa shape index (κ1) is 16.9. The summed E-state index contributed by atoms with van der Waals surface area (Å²) in [4.78, 5) is 34.7. The van der Waals surface area contributed by atoms with Gasteiger partial charge < -0.3 is 15.2 Å². The minimum atomic E-state index is -0.536. The van der Waals surface area contributed by atoms with Crippen LogP contribution in [0.5, 0.6) is 0 Å². The lowest BCUT2D eigenvalue weighted by molar-refractivity contribution is -0.142. The molecule has 8 nitrogen and oxygen atoms in total. The van der Waals surface area contributed by atoms with E-state index in [4.69, 9.17) is 0 Å². The highest BCUT2D eigenvalue weighted by atomic mass is 16.2. The van der Waals surface area contributed by atoms with E-state index in [9.17, 15) is 9.59 Å². The van der Waals surface area contributed by atoms with Crippen molar-refractivity contribution in [2.75, 3.05) is 24.3 Å². The number of pyridine rings is 1. The van der Waals surface area contributed by atoms with Crippen LogP contribution >= 0.6 is 0 Å². The Bertz CT molecular complexity index is 815. The number of nitrogens with one attached hydrogen (secondary N) is 2. The number of carbonyl (C=O) groups is 2. The molecule has 0 bridgehead atoms. The maximum absolute atomic E-state index is 12.7. The van der Waals surface area contributed by atoms with Gasteiger partial charge in [-0.25, -0.2) is 9.97 Å². The van der Waals surface area contributed by atoms with E-state index in [0.29, 0.717) is 12.2 Å². The molecule has 2 amide bonds. The van der Waals surface area contributed by atoms with Gasteiger partial charge in [-0.1, -0.05) is 0 Å². The molecular weight excluding hydrogens is 320 g/mol. The summed E-state index contributed by atoms with van der Waals surface area (Å²) in [5, 5.41) is 5.72. The first-order valence-corrected chi connectivity index (χ1v) is 8.10. The molecular formula is C17H22N6O2. The van der Waals surface area contributed by atoms with Crippen LogP contribution < -0.4 is 15.5 Å². The molecule has 3 heterocycles. The monoisotopic (exact) mass is 342 g/mol. The summed E-state index contributed by atoms with van der Waals surface area (Å²) in [6.07, 6.45) is 3.89. The van der Waals surface area contributed by atoms with Gasteiger partial charge in [-0.15, -0.1) is 0 Å². The molecule has 8 heteroatoms. The highest BCUT2D eigenvalue weighted by molar-refractivity contribution is 6.05. The molecule has 2 aromatic heterocycles. The molecule has 2 N–H and O–H groups in total. The van der Waals surface area contributed by atoms with Crippen molar-refractivity contribution >= 4 is 23.5 Å². The second-order valence-electron chi connectivity index (χ2n) is 6.34. The Morgan fingerprint density at radius 3 is 2.80 bits per heavy atom. The standard InChI is InChI=1S/C17H22N6O2/c1-10-5-11(7-13(18-2)20-10)6-12-15(21-16(12)24)17(25)23(4)14-8-22(3)9-19-14/h5,7-9,12,15H,6H2,1-4H3,(H,18,20)(H,21,24)/t12-,15+/m1/s1. The van der Waals surface area contributed by atoms with Gasteiger partial charge >= 0.3 is 0 Å². The average molecular weight is 342 g/mol. The molecule has 0 spiro atoms. The van der Waals surface area contributed by atoms with Gasteiger partial charge in [-0.05, 0) is 31.0 Å². The molecule has 2 atom stereocenters. The molecule has 2 aromatic rings. The van der Waals surface area contributed by atoms with E-state index in [1.54, 1.807) is 31.2 Å². The third kappa shape index (κ3) is 3.33. The molecule has 1 saturated heterocycles. The summed E-state index contributed by atoms with van der Waals surface area (Å²) >= 11 is 0. The van der Waals surface area contributed by atoms with Crippen molar-refractivity contribution in [3.05, 3.63) is 35.9 Å². The Morgan fingerprint density at radius 1 is 1.44 bits per heavy atom. The summed E-state index contributed by atoms with van der Waals surface area (Å²) in [5.74, 6) is 0.661. The van der Waals surface area contributed by atoms with Crippen molar-refractivity contribution in [1.82, 2.24) is 19.9 Å². The fraction of sp³-hybridized carbons (Fsp3) is 0.412. The number of hydrogen-bond donors (Lipinski definition) is 2. The van der Waals surface area contributed by atoms with E-state index in [2.05, 4.69) is 20.6 Å². The van der Waals surface area contributed by atoms with Crippen molar-refractivity contribution in [2.45, 2.75) is 19.4 Å². The average Bonchev–Trinajstić information content (AvgIpc) is 3.02. The van der Waals surface area contributed by atoms with Gasteiger partial charge in [-0.2, -0.15) is 0 Å². The summed E-state index contributed by atoms with van der Waals surface area (Å²) in [6.45, 7) is 1.91. The summed E-state index contributed by atoms with van der Waals surface area (Å²) in [7, 11) is 5.31. The van der Waals surface area contributed by atoms with Gasteiger partial charge in [0.2, 0.25) is 5.91 Å². The van der Waals surface area contributed by atoms with E-state index >= 15 is 0 Å². The second kappa shape index (κ2) is 6.54. The van der Waals surface area contributed by atoms with Crippen molar-refractivity contribution < 1.29 is 9.59 Å². The van der Waals surface area contributed by atoms with Crippen LogP contribution in [0.25, 0.3) is 0 Å². The van der Waals surface area contributed by atoms with Gasteiger partial charge in [0.1, 0.15) is 11.9 Å². The number of amides is 2. The topological polar surface area (TPSA) is 92.2 Å². The van der Waals surface area contributed by atoms with Crippen molar-refractivity contribution in [1.29, 1.82) is 0 Å². The zero-order valence-corrected chi connectivity index (χ0v) is 14.8. The molecule has 3 rings (SSSR count). The SMILES string of the molecule is CNc1cc(C[C@H]2C(=O)N[C@@H]2C(=O)N(C)c2cn(C)cn2)cc(C)n1. The number of imidazole rings is 1. The second-order valence-corrected chi connectivity index (χ2v) is 6.34. The number of carbonyl (C=O) groups excluding carboxylic acids is 2. The predicted octanol–water partition coefficient (Wildman–Crippen LogP) is 0.485. The highest BCUT2D eigenvalue weighted by Gasteiger charge is 2.45. The van der Waals surface area contributed by atoms with E-state index in [1.807, 2.05) is 26.1 Å². The normalized spacial score (nSPS) is 19.1. The van der Waals surface area contributed by atoms with Crippen molar-refractivity contribution in [2.24, 2.45) is 13.0 Å². The molecule has 25 heavy (non-hydrogen) atoms. The number of β-lactam (4-membered cyclic amide) rings is 1. The van der Waals surface area contributed by atoms with Crippen molar-refractivity contribution in [3.63, 3.8) is 0 Å². The molecule has 0 saturated carbocycles. The largest absolute Gasteiger partial charge is 0.373 e. The van der Waals surface area contributed by atoms with Gasteiger partial charge in [0, 0.05) is 33.0 Å². The van der Waals surface area contributed by atoms with Crippen LogP contribution in [0.15, 0.2) is 24.7 Å². The van der Waals surface area contributed by atoms with Crippen LogP contribution in [0, 0.1) is 12.8 Å². The number of hydrogen-bond acceptors (Lipinski definition) is 5. The lowest BCUT2D eigenvalue weighted by atomic mass is 9.84. The molecule has 0 aromatic carbocycles. The highest BCUT2D eigenvalue weighted by Crippen LogP contribution is 2.24. The maximum Gasteiger partial charge on any atom is 0.251 e. The first-order chi connectivity index (χ1) is 11.9. The smallest absolute Gasteiger partial charge is 0.251 e. The minimum Gasteiger partial charge on any atom is -0.373 e. The molecule has 0 unspecified atom stereocenters. The van der Waals surface area contributed by atoms with Crippen LogP contribution in [0.4, 0.5) is 11.6 Å². The quantitative estimate of drug-likeness (QED) is 0.772. The third-order valence-corrected chi connectivity index (χ3v) is 4.39. The minimum absolute atomic E-state index is 0.103. The summed E-state index contributed by atoms with van der Waals surface area (Å²) < 4.78 is 1.77. The number of aryl methyl sites for hydroxylation is 2. The maximum atomic E-state index is 12.7. The lowest BCUT2D eigenvalue weighted by Crippen LogP contribution is -2.65. The molecule has 1 aliphatic heterocycles. The predicted molar refractivity (Wildman–Crippen MR) is 94.3 cm³/mol. The van der Waals surface area contributed by atoms with Gasteiger partial charge in [0.25, 0.3) is 5.91 Å². The Hall–Kier alpha value is -2.90. The van der Waals surface area contributed by atoms with Crippen LogP contribution in [-0.2, 0) is 23.1 Å². The number of likely N-dealkylation sites (N-methyl/N-ethyl adjacent to an activating group) is 1. The fourth-order valence-electron chi connectivity index (χ4n) is 2.99. The summed E-state index contributed by atoms with van der Waals surface area (Å²) in [6, 6.07) is 3.31. The van der Waals surface area contributed by atoms with Gasteiger partial charge in [0.05, 0.1) is 12.2 Å². The van der Waals surface area contributed by atoms with Gasteiger partial charge in [0.15, 0.2) is 5.82 Å². The van der Waals surface area contributed by atoms with E-state index in [1.165, 1.54) is 4.90 Å². The Kier molecular flexibility index (Phi) is 4.43. The number of rotatable bonds is 5. The third-order valence-electron chi connectivity index (χ3n) is 4.39. The Morgan fingerprint density at radius 2 is 2.20 bits per heavy atom. The number of anilines is 2. The Labute approximate surface area is 146 Å². The zero-order chi connectivity index (χ0) is 18.1. The number of aromatic nitrogens is 3. The van der Waals surface area contributed by atoms with Crippen LogP contribution in [0.3, 0.4) is 0 Å². The first-order valence-electron chi connectivity index (χ1n) is 8.10. The molecule has 132 valence electrons. The van der Waals surface area contributed by atoms with Crippen LogP contribution in [0.1, 0.15) is 11.3 Å². The molecule has 0 aliphatic carbocycles.